The lowest BCUT2D eigenvalue weighted by Gasteiger charge is -2.42. The highest BCUT2D eigenvalue weighted by atomic mass is 19.3. The molecule has 2 aromatic heterocycles. The molecule has 190 valence electrons. The third kappa shape index (κ3) is 4.81. The molecule has 2 aliphatic heterocycles. The number of aromatic nitrogens is 3. The molecule has 1 atom stereocenters. The van der Waals surface area contributed by atoms with Crippen molar-refractivity contribution in [2.75, 3.05) is 47.4 Å². The molecule has 0 N–H and O–H groups in total. The summed E-state index contributed by atoms with van der Waals surface area (Å²) in [6.07, 6.45) is 3.61. The summed E-state index contributed by atoms with van der Waals surface area (Å²) < 4.78 is 56.0. The average Bonchev–Trinajstić information content (AvgIpc) is 3.40. The lowest BCUT2D eigenvalue weighted by molar-refractivity contribution is 0.0176. The predicted octanol–water partition coefficient (Wildman–Crippen LogP) is 5.24. The highest BCUT2D eigenvalue weighted by Gasteiger charge is 2.33. The first kappa shape index (κ1) is 24.3. The second kappa shape index (κ2) is 9.55. The van der Waals surface area contributed by atoms with Crippen LogP contribution in [0.5, 0.6) is 0 Å². The molecule has 1 aromatic carbocycles. The zero-order valence-electron chi connectivity index (χ0n) is 20.3. The van der Waals surface area contributed by atoms with E-state index >= 15 is 0 Å². The van der Waals surface area contributed by atoms with Crippen LogP contribution >= 0.6 is 0 Å². The molecule has 0 radical (unpaired) electrons. The molecule has 2 saturated heterocycles. The summed E-state index contributed by atoms with van der Waals surface area (Å²) >= 11 is 0. The van der Waals surface area contributed by atoms with Crippen LogP contribution in [0.25, 0.3) is 11.3 Å². The first-order valence-corrected chi connectivity index (χ1v) is 12.1. The number of pyridine rings is 1. The Kier molecular flexibility index (Phi) is 6.44. The zero-order chi connectivity index (χ0) is 25.4. The minimum atomic E-state index is -3.00. The fourth-order valence-electron chi connectivity index (χ4n) is 4.91. The van der Waals surface area contributed by atoms with Gasteiger partial charge in [-0.25, -0.2) is 27.5 Å². The third-order valence-electron chi connectivity index (χ3n) is 6.79. The molecule has 0 aliphatic carbocycles. The van der Waals surface area contributed by atoms with Gasteiger partial charge in [-0.1, -0.05) is 0 Å². The Bertz CT molecular complexity index is 1240. The van der Waals surface area contributed by atoms with Gasteiger partial charge in [0.25, 0.3) is 5.92 Å². The van der Waals surface area contributed by atoms with Crippen molar-refractivity contribution in [3.8, 4) is 11.3 Å². The minimum absolute atomic E-state index is 0.0711. The third-order valence-corrected chi connectivity index (χ3v) is 6.79. The van der Waals surface area contributed by atoms with Crippen molar-refractivity contribution >= 4 is 17.6 Å². The summed E-state index contributed by atoms with van der Waals surface area (Å²) in [5.41, 5.74) is 0.880. The topological polar surface area (TPSA) is 48.4 Å². The molecule has 5 rings (SSSR count). The van der Waals surface area contributed by atoms with Crippen LogP contribution in [-0.2, 0) is 5.92 Å². The number of hydrogen-bond donors (Lipinski definition) is 0. The van der Waals surface area contributed by atoms with Crippen molar-refractivity contribution < 1.29 is 17.6 Å². The Labute approximate surface area is 207 Å². The summed E-state index contributed by atoms with van der Waals surface area (Å²) in [7, 11) is 0. The summed E-state index contributed by atoms with van der Waals surface area (Å²) in [4.78, 5) is 19.8. The van der Waals surface area contributed by atoms with Crippen LogP contribution in [-0.4, -0.2) is 53.7 Å². The normalized spacial score (nSPS) is 18.7. The van der Waals surface area contributed by atoms with E-state index in [0.717, 1.165) is 45.0 Å². The van der Waals surface area contributed by atoms with Crippen LogP contribution < -0.4 is 14.7 Å². The van der Waals surface area contributed by atoms with E-state index in [4.69, 9.17) is 4.98 Å². The van der Waals surface area contributed by atoms with Gasteiger partial charge >= 0.3 is 0 Å². The van der Waals surface area contributed by atoms with E-state index in [9.17, 15) is 17.6 Å². The molecule has 0 amide bonds. The van der Waals surface area contributed by atoms with Crippen molar-refractivity contribution in [1.82, 2.24) is 15.0 Å². The maximum absolute atomic E-state index is 14.2. The molecule has 36 heavy (non-hydrogen) atoms. The summed E-state index contributed by atoms with van der Waals surface area (Å²) in [6, 6.07) is 8.40. The second-order valence-corrected chi connectivity index (χ2v) is 9.49. The number of hydrogen-bond acceptors (Lipinski definition) is 6. The van der Waals surface area contributed by atoms with Gasteiger partial charge in [0, 0.05) is 63.5 Å². The van der Waals surface area contributed by atoms with E-state index in [2.05, 4.69) is 19.8 Å². The zero-order valence-corrected chi connectivity index (χ0v) is 20.3. The van der Waals surface area contributed by atoms with E-state index in [1.54, 1.807) is 6.07 Å². The smallest absolute Gasteiger partial charge is 0.274 e. The van der Waals surface area contributed by atoms with E-state index in [0.29, 0.717) is 48.5 Å². The summed E-state index contributed by atoms with van der Waals surface area (Å²) in [6.45, 7) is 6.04. The monoisotopic (exact) mass is 500 g/mol. The Balaban J connectivity index is 1.46. The molecule has 0 spiro atoms. The molecule has 3 aromatic rings. The predicted molar refractivity (Wildman–Crippen MR) is 132 cm³/mol. The standard InChI is InChI=1S/C26H28F4N6/c1-17-16-35(24-19(26(2,29)30)6-5-9-31-24)12-13-36(17)23-15-22(18-7-8-20(27)21(28)14-18)32-25(33-23)34-10-3-4-11-34/h5-9,14-15,17H,3-4,10-13,16H2,1-2H3. The van der Waals surface area contributed by atoms with Gasteiger partial charge in [-0.2, -0.15) is 4.98 Å². The molecule has 0 saturated carbocycles. The first-order valence-electron chi connectivity index (χ1n) is 12.1. The Hall–Kier alpha value is -3.43. The van der Waals surface area contributed by atoms with Crippen LogP contribution in [0.15, 0.2) is 42.6 Å². The molecular weight excluding hydrogens is 472 g/mol. The highest BCUT2D eigenvalue weighted by molar-refractivity contribution is 5.66. The van der Waals surface area contributed by atoms with Crippen LogP contribution in [0, 0.1) is 11.6 Å². The van der Waals surface area contributed by atoms with Crippen molar-refractivity contribution in [2.24, 2.45) is 0 Å². The lowest BCUT2D eigenvalue weighted by atomic mass is 10.1. The molecule has 0 bridgehead atoms. The molecular formula is C26H28F4N6. The van der Waals surface area contributed by atoms with Crippen LogP contribution in [0.4, 0.5) is 35.1 Å². The number of nitrogens with zero attached hydrogens (tertiary/aromatic N) is 6. The van der Waals surface area contributed by atoms with Gasteiger partial charge in [-0.15, -0.1) is 0 Å². The van der Waals surface area contributed by atoms with Crippen molar-refractivity contribution in [3.63, 3.8) is 0 Å². The minimum Gasteiger partial charge on any atom is -0.352 e. The molecule has 1 unspecified atom stereocenters. The number of alkyl halides is 2. The SMILES string of the molecule is CC1CN(c2ncccc2C(C)(F)F)CCN1c1cc(-c2ccc(F)c(F)c2)nc(N2CCCC2)n1. The average molecular weight is 501 g/mol. The van der Waals surface area contributed by atoms with Gasteiger partial charge < -0.3 is 14.7 Å². The second-order valence-electron chi connectivity index (χ2n) is 9.49. The van der Waals surface area contributed by atoms with Gasteiger partial charge in [0.1, 0.15) is 11.6 Å². The molecule has 10 heteroatoms. The molecule has 6 nitrogen and oxygen atoms in total. The first-order chi connectivity index (χ1) is 17.2. The van der Waals surface area contributed by atoms with E-state index in [-0.39, 0.29) is 11.6 Å². The largest absolute Gasteiger partial charge is 0.352 e. The summed E-state index contributed by atoms with van der Waals surface area (Å²) in [5.74, 6) is -3.33. The van der Waals surface area contributed by atoms with E-state index < -0.39 is 17.6 Å². The van der Waals surface area contributed by atoms with Gasteiger partial charge in [-0.3, -0.25) is 0 Å². The van der Waals surface area contributed by atoms with Crippen LogP contribution in [0.1, 0.15) is 32.3 Å². The maximum Gasteiger partial charge on any atom is 0.274 e. The quantitative estimate of drug-likeness (QED) is 0.447. The highest BCUT2D eigenvalue weighted by Crippen LogP contribution is 2.35. The number of rotatable bonds is 5. The Morgan fingerprint density at radius 1 is 0.917 bits per heavy atom. The van der Waals surface area contributed by atoms with Crippen LogP contribution in [0.3, 0.4) is 0 Å². The number of anilines is 3. The van der Waals surface area contributed by atoms with Crippen molar-refractivity contribution in [1.29, 1.82) is 0 Å². The van der Waals surface area contributed by atoms with Gasteiger partial charge in [0.2, 0.25) is 5.95 Å². The van der Waals surface area contributed by atoms with Gasteiger partial charge in [0.05, 0.1) is 11.3 Å². The van der Waals surface area contributed by atoms with E-state index in [1.165, 1.54) is 24.4 Å². The molecule has 2 fully saturated rings. The fourth-order valence-corrected chi connectivity index (χ4v) is 4.91. The maximum atomic E-state index is 14.2. The van der Waals surface area contributed by atoms with Gasteiger partial charge in [0.15, 0.2) is 11.6 Å². The van der Waals surface area contributed by atoms with Crippen LogP contribution in [0.2, 0.25) is 0 Å². The molecule has 2 aliphatic rings. The Morgan fingerprint density at radius 3 is 2.39 bits per heavy atom. The van der Waals surface area contributed by atoms with Gasteiger partial charge in [-0.05, 0) is 50.1 Å². The lowest BCUT2D eigenvalue weighted by Crippen LogP contribution is -2.53. The molecule has 4 heterocycles. The Morgan fingerprint density at radius 2 is 1.69 bits per heavy atom. The van der Waals surface area contributed by atoms with Crippen molar-refractivity contribution in [2.45, 2.75) is 38.7 Å². The number of benzene rings is 1. The number of piperazine rings is 1. The summed E-state index contributed by atoms with van der Waals surface area (Å²) in [5, 5.41) is 0. The number of halogens is 4. The fraction of sp³-hybridized carbons (Fsp3) is 0.423. The van der Waals surface area contributed by atoms with Crippen molar-refractivity contribution in [3.05, 3.63) is 59.8 Å². The van der Waals surface area contributed by atoms with E-state index in [1.807, 2.05) is 11.8 Å².